The number of amides is 1. The number of carbonyl (C=O) groups is 1. The molecule has 1 amide bonds. The van der Waals surface area contributed by atoms with Crippen molar-refractivity contribution in [2.75, 3.05) is 14.2 Å². The maximum atomic E-state index is 13.2. The monoisotopic (exact) mass is 385 g/mol. The predicted molar refractivity (Wildman–Crippen MR) is 106 cm³/mol. The highest BCUT2D eigenvalue weighted by molar-refractivity contribution is 7.09. The number of rotatable bonds is 7. The molecule has 0 spiro atoms. The molecule has 0 N–H and O–H groups in total. The normalized spacial score (nSPS) is 10.7. The molecule has 3 rings (SSSR count). The molecular weight excluding hydrogens is 362 g/mol. The van der Waals surface area contributed by atoms with Crippen LogP contribution in [0.1, 0.15) is 32.3 Å². The Hall–Kier alpha value is -2.73. The second-order valence-electron chi connectivity index (χ2n) is 6.26. The van der Waals surface area contributed by atoms with E-state index in [0.29, 0.717) is 35.9 Å². The number of ether oxygens (including phenoxy) is 2. The van der Waals surface area contributed by atoms with Crippen molar-refractivity contribution < 1.29 is 18.7 Å². The number of hydrogen-bond donors (Lipinski definition) is 0. The lowest BCUT2D eigenvalue weighted by atomic mass is 10.1. The van der Waals surface area contributed by atoms with Crippen LogP contribution in [0.2, 0.25) is 0 Å². The van der Waals surface area contributed by atoms with Gasteiger partial charge in [0, 0.05) is 11.4 Å². The molecule has 142 valence electrons. The van der Waals surface area contributed by atoms with E-state index in [1.54, 1.807) is 31.6 Å². The highest BCUT2D eigenvalue weighted by Crippen LogP contribution is 2.29. The van der Waals surface area contributed by atoms with E-state index in [-0.39, 0.29) is 5.91 Å². The Bertz CT molecular complexity index is 914. The minimum atomic E-state index is -0.0486. The summed E-state index contributed by atoms with van der Waals surface area (Å²) in [5.74, 6) is 2.64. The summed E-state index contributed by atoms with van der Waals surface area (Å²) in [6, 6.07) is 11.5. The number of hydrogen-bond acceptors (Lipinski definition) is 5. The molecule has 2 heterocycles. The van der Waals surface area contributed by atoms with Crippen molar-refractivity contribution in [1.82, 2.24) is 4.90 Å². The molecule has 0 saturated heterocycles. The Kier molecular flexibility index (Phi) is 5.86. The number of aryl methyl sites for hydroxylation is 2. The number of carbonyl (C=O) groups excluding carboxylic acids is 1. The van der Waals surface area contributed by atoms with Gasteiger partial charge >= 0.3 is 0 Å². The van der Waals surface area contributed by atoms with Crippen LogP contribution in [0.4, 0.5) is 0 Å². The molecule has 0 aliphatic carbocycles. The van der Waals surface area contributed by atoms with Crippen LogP contribution in [0.3, 0.4) is 0 Å². The fourth-order valence-electron chi connectivity index (χ4n) is 3.00. The molecule has 0 aliphatic rings. The molecule has 1 aromatic carbocycles. The summed E-state index contributed by atoms with van der Waals surface area (Å²) in [6.07, 6.45) is 0. The van der Waals surface area contributed by atoms with Gasteiger partial charge < -0.3 is 18.8 Å². The molecule has 27 heavy (non-hydrogen) atoms. The largest absolute Gasteiger partial charge is 0.493 e. The zero-order valence-corrected chi connectivity index (χ0v) is 16.8. The number of nitrogens with zero attached hydrogens (tertiary/aromatic N) is 1. The Labute approximate surface area is 163 Å². The van der Waals surface area contributed by atoms with Gasteiger partial charge in [-0.25, -0.2) is 0 Å². The van der Waals surface area contributed by atoms with Crippen LogP contribution in [0.25, 0.3) is 0 Å². The lowest BCUT2D eigenvalue weighted by molar-refractivity contribution is 0.0730. The van der Waals surface area contributed by atoms with Crippen molar-refractivity contribution >= 4 is 17.2 Å². The van der Waals surface area contributed by atoms with Gasteiger partial charge in [-0.1, -0.05) is 12.1 Å². The van der Waals surface area contributed by atoms with Gasteiger partial charge in [0.15, 0.2) is 11.5 Å². The van der Waals surface area contributed by atoms with E-state index in [2.05, 4.69) is 0 Å². The highest BCUT2D eigenvalue weighted by Gasteiger charge is 2.22. The van der Waals surface area contributed by atoms with Gasteiger partial charge in [0.1, 0.15) is 11.5 Å². The predicted octanol–water partition coefficient (Wildman–Crippen LogP) is 4.82. The second kappa shape index (κ2) is 8.31. The average molecular weight is 385 g/mol. The fourth-order valence-corrected chi connectivity index (χ4v) is 3.72. The number of furan rings is 1. The van der Waals surface area contributed by atoms with E-state index in [1.165, 1.54) is 0 Å². The first-order valence-corrected chi connectivity index (χ1v) is 9.49. The first kappa shape index (κ1) is 19.0. The van der Waals surface area contributed by atoms with Crippen molar-refractivity contribution in [3.63, 3.8) is 0 Å². The highest BCUT2D eigenvalue weighted by atomic mass is 32.1. The third-order valence-electron chi connectivity index (χ3n) is 4.31. The molecule has 0 atom stereocenters. The minimum Gasteiger partial charge on any atom is -0.493 e. The van der Waals surface area contributed by atoms with Crippen LogP contribution in [0, 0.1) is 13.8 Å². The maximum Gasteiger partial charge on any atom is 0.258 e. The summed E-state index contributed by atoms with van der Waals surface area (Å²) in [5.41, 5.74) is 1.57. The van der Waals surface area contributed by atoms with Gasteiger partial charge in [-0.2, -0.15) is 0 Å². The lowest BCUT2D eigenvalue weighted by Gasteiger charge is -2.22. The standard InChI is InChI=1S/C21H23NO4S/c1-14-10-18(15(2)26-14)21(23)22(13-17-6-5-9-27-17)12-16-7-8-19(24-3)20(11-16)25-4/h5-11H,12-13H2,1-4H3. The van der Waals surface area contributed by atoms with Crippen molar-refractivity contribution in [2.45, 2.75) is 26.9 Å². The average Bonchev–Trinajstić information content (AvgIpc) is 3.29. The Morgan fingerprint density at radius 1 is 1.07 bits per heavy atom. The van der Waals surface area contributed by atoms with E-state index >= 15 is 0 Å². The van der Waals surface area contributed by atoms with Crippen LogP contribution in [0.5, 0.6) is 11.5 Å². The van der Waals surface area contributed by atoms with Crippen LogP contribution in [0.15, 0.2) is 46.2 Å². The maximum absolute atomic E-state index is 13.2. The van der Waals surface area contributed by atoms with Crippen LogP contribution in [-0.4, -0.2) is 25.0 Å². The molecule has 6 heteroatoms. The lowest BCUT2D eigenvalue weighted by Crippen LogP contribution is -2.30. The molecule has 3 aromatic rings. The van der Waals surface area contributed by atoms with Gasteiger partial charge in [-0.15, -0.1) is 11.3 Å². The summed E-state index contributed by atoms with van der Waals surface area (Å²) < 4.78 is 16.2. The summed E-state index contributed by atoms with van der Waals surface area (Å²) >= 11 is 1.64. The summed E-state index contributed by atoms with van der Waals surface area (Å²) in [5, 5.41) is 2.02. The van der Waals surface area contributed by atoms with E-state index in [4.69, 9.17) is 13.9 Å². The van der Waals surface area contributed by atoms with E-state index < -0.39 is 0 Å². The number of thiophene rings is 1. The Balaban J connectivity index is 1.90. The van der Waals surface area contributed by atoms with Crippen molar-refractivity contribution in [3.8, 4) is 11.5 Å². The molecular formula is C21H23NO4S. The van der Waals surface area contributed by atoms with Gasteiger partial charge in [0.05, 0.1) is 26.3 Å². The molecule has 0 bridgehead atoms. The van der Waals surface area contributed by atoms with Crippen molar-refractivity contribution in [1.29, 1.82) is 0 Å². The van der Waals surface area contributed by atoms with E-state index in [1.807, 2.05) is 54.5 Å². The molecule has 0 radical (unpaired) electrons. The molecule has 0 saturated carbocycles. The third kappa shape index (κ3) is 4.34. The smallest absolute Gasteiger partial charge is 0.258 e. The van der Waals surface area contributed by atoms with Crippen molar-refractivity contribution in [3.05, 3.63) is 69.3 Å². The SMILES string of the molecule is COc1ccc(CN(Cc2cccs2)C(=O)c2cc(C)oc2C)cc1OC. The molecule has 0 unspecified atom stereocenters. The van der Waals surface area contributed by atoms with E-state index in [0.717, 1.165) is 16.2 Å². The minimum absolute atomic E-state index is 0.0486. The number of methoxy groups -OCH3 is 2. The zero-order chi connectivity index (χ0) is 19.4. The topological polar surface area (TPSA) is 51.9 Å². The summed E-state index contributed by atoms with van der Waals surface area (Å²) in [7, 11) is 3.21. The number of benzene rings is 1. The van der Waals surface area contributed by atoms with Crippen LogP contribution in [-0.2, 0) is 13.1 Å². The van der Waals surface area contributed by atoms with Gasteiger partial charge in [0.2, 0.25) is 0 Å². The van der Waals surface area contributed by atoms with Gasteiger partial charge in [-0.3, -0.25) is 4.79 Å². The Morgan fingerprint density at radius 3 is 2.44 bits per heavy atom. The first-order chi connectivity index (χ1) is 13.0. The second-order valence-corrected chi connectivity index (χ2v) is 7.29. The van der Waals surface area contributed by atoms with Crippen molar-refractivity contribution in [2.24, 2.45) is 0 Å². The van der Waals surface area contributed by atoms with Crippen LogP contribution >= 0.6 is 11.3 Å². The summed E-state index contributed by atoms with van der Waals surface area (Å²) in [4.78, 5) is 16.2. The molecule has 0 fully saturated rings. The molecule has 2 aromatic heterocycles. The fraction of sp³-hybridized carbons (Fsp3) is 0.286. The Morgan fingerprint density at radius 2 is 1.85 bits per heavy atom. The van der Waals surface area contributed by atoms with Gasteiger partial charge in [0.25, 0.3) is 5.91 Å². The molecule has 0 aliphatic heterocycles. The van der Waals surface area contributed by atoms with E-state index in [9.17, 15) is 4.79 Å². The quantitative estimate of drug-likeness (QED) is 0.585. The zero-order valence-electron chi connectivity index (χ0n) is 15.9. The third-order valence-corrected chi connectivity index (χ3v) is 5.17. The van der Waals surface area contributed by atoms with Crippen LogP contribution < -0.4 is 9.47 Å². The first-order valence-electron chi connectivity index (χ1n) is 8.61. The molecule has 5 nitrogen and oxygen atoms in total. The summed E-state index contributed by atoms with van der Waals surface area (Å²) in [6.45, 7) is 4.66. The van der Waals surface area contributed by atoms with Gasteiger partial charge in [-0.05, 0) is 49.1 Å².